The average Bonchev–Trinajstić information content (AvgIpc) is 3.57. The van der Waals surface area contributed by atoms with E-state index in [0.717, 1.165) is 36.9 Å². The van der Waals surface area contributed by atoms with E-state index in [0.29, 0.717) is 80.3 Å². The second-order valence-electron chi connectivity index (χ2n) is 12.2. The highest BCUT2D eigenvalue weighted by Gasteiger charge is 2.35. The SMILES string of the molecule is Cc1nc2n(n1)CCN(C(=O)c1[nH]c3c(c1C)C(=O)CCC3)CCCC(=O)N1CCCC[C@H]1C(=O)N[C@@H]2Cc1ccccc1. The number of carbonyl (C=O) groups excluding carboxylic acids is 4. The van der Waals surface area contributed by atoms with Gasteiger partial charge in [-0.05, 0) is 69.9 Å². The van der Waals surface area contributed by atoms with Gasteiger partial charge in [0.2, 0.25) is 11.8 Å². The molecule has 2 aliphatic heterocycles. The maximum Gasteiger partial charge on any atom is 0.270 e. The first-order chi connectivity index (χ1) is 21.3. The number of aromatic amines is 1. The fraction of sp³-hybridized carbons (Fsp3) is 0.515. The van der Waals surface area contributed by atoms with Crippen LogP contribution in [0.1, 0.15) is 100 Å². The lowest BCUT2D eigenvalue weighted by atomic mass is 9.93. The molecule has 3 aromatic rings. The van der Waals surface area contributed by atoms with Crippen LogP contribution in [0.2, 0.25) is 0 Å². The Hall–Kier alpha value is -4.28. The van der Waals surface area contributed by atoms with Gasteiger partial charge in [0.25, 0.3) is 5.91 Å². The lowest BCUT2D eigenvalue weighted by molar-refractivity contribution is -0.142. The van der Waals surface area contributed by atoms with Gasteiger partial charge in [0.1, 0.15) is 23.4 Å². The highest BCUT2D eigenvalue weighted by atomic mass is 16.2. The number of benzene rings is 1. The summed E-state index contributed by atoms with van der Waals surface area (Å²) in [5, 5.41) is 7.91. The van der Waals surface area contributed by atoms with E-state index in [-0.39, 0.29) is 29.9 Å². The Labute approximate surface area is 257 Å². The van der Waals surface area contributed by atoms with Crippen LogP contribution in [-0.4, -0.2) is 78.7 Å². The maximum atomic E-state index is 14.0. The van der Waals surface area contributed by atoms with Gasteiger partial charge in [0, 0.05) is 43.7 Å². The molecule has 11 heteroatoms. The standard InChI is InChI=1S/C33H41N7O4/c1-21-29-24(12-8-14-27(29)41)35-30(21)33(44)38-16-9-15-28(42)39-17-7-6-13-26(39)32(43)36-25(20-23-10-4-3-5-11-23)31-34-22(2)37-40(31)19-18-38/h3-5,10-11,25-26,35H,6-9,12-20H2,1-2H3,(H,36,43)/t25-,26+/m1/s1. The molecule has 4 heterocycles. The summed E-state index contributed by atoms with van der Waals surface area (Å²) in [6.45, 7) is 5.26. The van der Waals surface area contributed by atoms with Crippen LogP contribution in [0.25, 0.3) is 0 Å². The highest BCUT2D eigenvalue weighted by molar-refractivity contribution is 6.04. The molecule has 0 unspecified atom stereocenters. The van der Waals surface area contributed by atoms with Gasteiger partial charge in [-0.3, -0.25) is 19.2 Å². The molecule has 0 radical (unpaired) electrons. The van der Waals surface area contributed by atoms with Crippen LogP contribution in [0.5, 0.6) is 0 Å². The Bertz CT molecular complexity index is 1560. The number of H-pyrrole nitrogens is 1. The number of hydrogen-bond donors (Lipinski definition) is 2. The number of aromatic nitrogens is 4. The number of amides is 3. The third-order valence-electron chi connectivity index (χ3n) is 9.18. The predicted molar refractivity (Wildman–Crippen MR) is 163 cm³/mol. The fourth-order valence-electron chi connectivity index (χ4n) is 6.96. The first-order valence-corrected chi connectivity index (χ1v) is 15.9. The van der Waals surface area contributed by atoms with Crippen LogP contribution in [-0.2, 0) is 29.0 Å². The van der Waals surface area contributed by atoms with Crippen LogP contribution in [0.3, 0.4) is 0 Å². The van der Waals surface area contributed by atoms with Crippen molar-refractivity contribution in [3.8, 4) is 0 Å². The second kappa shape index (κ2) is 12.8. The van der Waals surface area contributed by atoms with Crippen molar-refractivity contribution in [1.82, 2.24) is 34.9 Å². The van der Waals surface area contributed by atoms with E-state index in [4.69, 9.17) is 4.98 Å². The maximum absolute atomic E-state index is 14.0. The summed E-state index contributed by atoms with van der Waals surface area (Å²) in [4.78, 5) is 65.5. The summed E-state index contributed by atoms with van der Waals surface area (Å²) >= 11 is 0. The van der Waals surface area contributed by atoms with Crippen molar-refractivity contribution in [2.75, 3.05) is 19.6 Å². The predicted octanol–water partition coefficient (Wildman–Crippen LogP) is 3.46. The minimum absolute atomic E-state index is 0.0648. The minimum atomic E-state index is -0.543. The summed E-state index contributed by atoms with van der Waals surface area (Å²) in [6.07, 6.45) is 5.59. The number of rotatable bonds is 3. The minimum Gasteiger partial charge on any atom is -0.354 e. The van der Waals surface area contributed by atoms with Crippen molar-refractivity contribution >= 4 is 23.5 Å². The molecule has 1 aromatic carbocycles. The lowest BCUT2D eigenvalue weighted by Crippen LogP contribution is -2.53. The first kappa shape index (κ1) is 29.8. The fourth-order valence-corrected chi connectivity index (χ4v) is 6.96. The quantitative estimate of drug-likeness (QED) is 0.474. The molecule has 3 amide bonds. The largest absolute Gasteiger partial charge is 0.354 e. The summed E-state index contributed by atoms with van der Waals surface area (Å²) in [6, 6.07) is 8.91. The van der Waals surface area contributed by atoms with Crippen molar-refractivity contribution < 1.29 is 19.2 Å². The summed E-state index contributed by atoms with van der Waals surface area (Å²) in [5.41, 5.74) is 3.67. The molecular weight excluding hydrogens is 558 g/mol. The van der Waals surface area contributed by atoms with Crippen LogP contribution in [0.4, 0.5) is 0 Å². The molecule has 11 nitrogen and oxygen atoms in total. The average molecular weight is 600 g/mol. The topological polar surface area (TPSA) is 133 Å². The van der Waals surface area contributed by atoms with Gasteiger partial charge in [0.05, 0.1) is 12.6 Å². The van der Waals surface area contributed by atoms with Crippen molar-refractivity contribution in [3.63, 3.8) is 0 Å². The van der Waals surface area contributed by atoms with Crippen molar-refractivity contribution in [2.24, 2.45) is 0 Å². The summed E-state index contributed by atoms with van der Waals surface area (Å²) in [5.74, 6) is 0.861. The zero-order chi connectivity index (χ0) is 30.8. The van der Waals surface area contributed by atoms with E-state index in [2.05, 4.69) is 15.4 Å². The normalized spacial score (nSPS) is 21.6. The Morgan fingerprint density at radius 3 is 2.55 bits per heavy atom. The molecule has 2 atom stereocenters. The number of nitrogens with one attached hydrogen (secondary N) is 2. The van der Waals surface area contributed by atoms with Gasteiger partial charge in [-0.25, -0.2) is 9.67 Å². The van der Waals surface area contributed by atoms with E-state index in [1.807, 2.05) is 44.2 Å². The second-order valence-corrected chi connectivity index (χ2v) is 12.2. The molecule has 2 aromatic heterocycles. The van der Waals surface area contributed by atoms with E-state index >= 15 is 0 Å². The van der Waals surface area contributed by atoms with Crippen LogP contribution < -0.4 is 5.32 Å². The highest BCUT2D eigenvalue weighted by Crippen LogP contribution is 2.28. The zero-order valence-electron chi connectivity index (χ0n) is 25.6. The number of Topliss-reactive ketones (excluding diaryl/α,β-unsaturated/α-hetero) is 1. The monoisotopic (exact) mass is 599 g/mol. The van der Waals surface area contributed by atoms with Gasteiger partial charge >= 0.3 is 0 Å². The molecule has 0 bridgehead atoms. The molecule has 1 fully saturated rings. The Morgan fingerprint density at radius 1 is 0.932 bits per heavy atom. The molecule has 6 rings (SSSR count). The van der Waals surface area contributed by atoms with E-state index in [1.165, 1.54) is 0 Å². The number of hydrogen-bond acceptors (Lipinski definition) is 6. The van der Waals surface area contributed by atoms with Gasteiger partial charge in [-0.1, -0.05) is 30.3 Å². The van der Waals surface area contributed by atoms with Crippen LogP contribution >= 0.6 is 0 Å². The molecule has 1 saturated heterocycles. The van der Waals surface area contributed by atoms with Gasteiger partial charge in [-0.2, -0.15) is 5.10 Å². The third-order valence-corrected chi connectivity index (χ3v) is 9.18. The molecule has 0 saturated carbocycles. The third kappa shape index (κ3) is 6.05. The molecule has 232 valence electrons. The number of carbonyl (C=O) groups is 4. The van der Waals surface area contributed by atoms with Crippen molar-refractivity contribution in [3.05, 3.63) is 70.1 Å². The number of piperidine rings is 1. The number of fused-ring (bicyclic) bond motifs is 3. The van der Waals surface area contributed by atoms with E-state index < -0.39 is 12.1 Å². The lowest BCUT2D eigenvalue weighted by Gasteiger charge is -2.36. The molecule has 0 spiro atoms. The number of nitrogens with zero attached hydrogens (tertiary/aromatic N) is 5. The Kier molecular flexibility index (Phi) is 8.63. The van der Waals surface area contributed by atoms with Crippen LogP contribution in [0.15, 0.2) is 30.3 Å². The summed E-state index contributed by atoms with van der Waals surface area (Å²) < 4.78 is 1.80. The van der Waals surface area contributed by atoms with Crippen molar-refractivity contribution in [1.29, 1.82) is 0 Å². The molecule has 1 aliphatic carbocycles. The molecule has 44 heavy (non-hydrogen) atoms. The Balaban J connectivity index is 1.35. The Morgan fingerprint density at radius 2 is 1.75 bits per heavy atom. The molecule has 3 aliphatic rings. The summed E-state index contributed by atoms with van der Waals surface area (Å²) in [7, 11) is 0. The first-order valence-electron chi connectivity index (χ1n) is 15.9. The van der Waals surface area contributed by atoms with Gasteiger partial charge in [0.15, 0.2) is 5.78 Å². The zero-order valence-corrected chi connectivity index (χ0v) is 25.6. The number of aryl methyl sites for hydroxylation is 2. The van der Waals surface area contributed by atoms with Crippen LogP contribution in [0, 0.1) is 13.8 Å². The van der Waals surface area contributed by atoms with Crippen molar-refractivity contribution in [2.45, 2.75) is 90.3 Å². The van der Waals surface area contributed by atoms with E-state index in [9.17, 15) is 19.2 Å². The number of ketones is 1. The smallest absolute Gasteiger partial charge is 0.270 e. The van der Waals surface area contributed by atoms with Gasteiger partial charge < -0.3 is 20.1 Å². The molecule has 2 N–H and O–H groups in total. The van der Waals surface area contributed by atoms with E-state index in [1.54, 1.807) is 14.5 Å². The van der Waals surface area contributed by atoms with Gasteiger partial charge in [-0.15, -0.1) is 0 Å². The molecular formula is C33H41N7O4.